The number of methoxy groups -OCH3 is 1. The number of fused-ring (bicyclic) bond motifs is 1. The molecule has 0 aliphatic carbocycles. The number of phenolic OH excluding ortho intramolecular Hbond substituents is 2. The molecule has 3 heterocycles. The molecule has 2 fully saturated rings. The van der Waals surface area contributed by atoms with Crippen molar-refractivity contribution in [3.05, 3.63) is 40.6 Å². The molecule has 2 saturated heterocycles. The van der Waals surface area contributed by atoms with E-state index in [-0.39, 0.29) is 46.0 Å². The first-order valence-corrected chi connectivity index (χ1v) is 12.7. The predicted octanol–water partition coefficient (Wildman–Crippen LogP) is -0.0669. The second-order valence-corrected chi connectivity index (χ2v) is 9.84. The van der Waals surface area contributed by atoms with Crippen molar-refractivity contribution in [2.75, 3.05) is 13.7 Å². The molecule has 0 saturated carbocycles. The van der Waals surface area contributed by atoms with Gasteiger partial charge in [0.1, 0.15) is 46.9 Å². The average molecular weight is 579 g/mol. The molecule has 41 heavy (non-hydrogen) atoms. The normalized spacial score (nSPS) is 30.2. The summed E-state index contributed by atoms with van der Waals surface area (Å²) in [5, 5.41) is 71.1. The smallest absolute Gasteiger partial charge is 0.239 e. The van der Waals surface area contributed by atoms with Crippen LogP contribution in [0.2, 0.25) is 0 Å². The molecular formula is C27H30O14. The van der Waals surface area contributed by atoms with Crippen molar-refractivity contribution >= 4 is 11.0 Å². The van der Waals surface area contributed by atoms with E-state index in [1.807, 2.05) is 0 Å². The van der Waals surface area contributed by atoms with Crippen molar-refractivity contribution in [2.45, 2.75) is 62.5 Å². The maximum atomic E-state index is 13.7. The van der Waals surface area contributed by atoms with Gasteiger partial charge in [-0.1, -0.05) is 0 Å². The van der Waals surface area contributed by atoms with Gasteiger partial charge in [-0.3, -0.25) is 4.79 Å². The number of ether oxygens (including phenoxy) is 5. The van der Waals surface area contributed by atoms with Crippen LogP contribution in [0.4, 0.5) is 0 Å². The third kappa shape index (κ3) is 5.50. The van der Waals surface area contributed by atoms with E-state index in [0.29, 0.717) is 0 Å². The van der Waals surface area contributed by atoms with Crippen molar-refractivity contribution in [3.63, 3.8) is 0 Å². The molecule has 3 aromatic rings. The van der Waals surface area contributed by atoms with Gasteiger partial charge in [0.15, 0.2) is 17.3 Å². The molecule has 0 spiro atoms. The highest BCUT2D eigenvalue weighted by Gasteiger charge is 2.40. The molecule has 2 aliphatic heterocycles. The lowest BCUT2D eigenvalue weighted by Gasteiger charge is -2.35. The molecule has 0 radical (unpaired) electrons. The summed E-state index contributed by atoms with van der Waals surface area (Å²) in [6, 6.07) is 6.47. The van der Waals surface area contributed by atoms with Crippen LogP contribution in [0, 0.1) is 0 Å². The number of hydrogen-bond acceptors (Lipinski definition) is 14. The van der Waals surface area contributed by atoms with Crippen LogP contribution in [0.15, 0.2) is 39.5 Å². The van der Waals surface area contributed by atoms with E-state index >= 15 is 0 Å². The van der Waals surface area contributed by atoms with Gasteiger partial charge in [-0.05, 0) is 25.1 Å². The molecule has 8 atom stereocenters. The minimum absolute atomic E-state index is 0.0909. The topological polar surface area (TPSA) is 218 Å². The Hall–Kier alpha value is -3.63. The first-order chi connectivity index (χ1) is 19.5. The van der Waals surface area contributed by atoms with Gasteiger partial charge in [-0.2, -0.15) is 0 Å². The zero-order valence-electron chi connectivity index (χ0n) is 21.9. The number of aliphatic hydroxyl groups is 5. The predicted molar refractivity (Wildman–Crippen MR) is 138 cm³/mol. The van der Waals surface area contributed by atoms with Gasteiger partial charge in [0.25, 0.3) is 0 Å². The van der Waals surface area contributed by atoms with Gasteiger partial charge in [0.2, 0.25) is 23.8 Å². The van der Waals surface area contributed by atoms with Crippen LogP contribution in [0.5, 0.6) is 28.7 Å². The molecule has 5 rings (SSSR count). The number of benzene rings is 2. The Balaban J connectivity index is 1.60. The molecule has 14 heteroatoms. The molecule has 2 aromatic carbocycles. The lowest BCUT2D eigenvalue weighted by molar-refractivity contribution is -0.242. The third-order valence-corrected chi connectivity index (χ3v) is 6.99. The van der Waals surface area contributed by atoms with E-state index in [1.54, 1.807) is 6.92 Å². The summed E-state index contributed by atoms with van der Waals surface area (Å²) in [5.74, 6) is -1.51. The Labute approximate surface area is 232 Å². The summed E-state index contributed by atoms with van der Waals surface area (Å²) in [6.45, 7) is 1.14. The zero-order chi connectivity index (χ0) is 29.6. The Morgan fingerprint density at radius 1 is 0.902 bits per heavy atom. The van der Waals surface area contributed by atoms with Gasteiger partial charge in [-0.15, -0.1) is 0 Å². The lowest BCUT2D eigenvalue weighted by Crippen LogP contribution is -2.55. The number of phenols is 2. The lowest BCUT2D eigenvalue weighted by atomic mass is 10.0. The summed E-state index contributed by atoms with van der Waals surface area (Å²) in [6.07, 6.45) is -10.5. The molecule has 8 unspecified atom stereocenters. The van der Waals surface area contributed by atoms with Crippen molar-refractivity contribution in [2.24, 2.45) is 0 Å². The quantitative estimate of drug-likeness (QED) is 0.204. The second-order valence-electron chi connectivity index (χ2n) is 9.84. The summed E-state index contributed by atoms with van der Waals surface area (Å²) in [7, 11) is 1.35. The highest BCUT2D eigenvalue weighted by Crippen LogP contribution is 2.40. The molecule has 1 aromatic heterocycles. The minimum atomic E-state index is -1.75. The van der Waals surface area contributed by atoms with Gasteiger partial charge in [-0.25, -0.2) is 0 Å². The molecule has 14 nitrogen and oxygen atoms in total. The van der Waals surface area contributed by atoms with Crippen LogP contribution in [0.3, 0.4) is 0 Å². The van der Waals surface area contributed by atoms with Gasteiger partial charge < -0.3 is 63.8 Å². The maximum Gasteiger partial charge on any atom is 0.239 e. The molecular weight excluding hydrogens is 548 g/mol. The first-order valence-electron chi connectivity index (χ1n) is 12.7. The van der Waals surface area contributed by atoms with Gasteiger partial charge >= 0.3 is 0 Å². The van der Waals surface area contributed by atoms with Crippen molar-refractivity contribution in [1.29, 1.82) is 0 Å². The summed E-state index contributed by atoms with van der Waals surface area (Å²) in [4.78, 5) is 13.7. The van der Waals surface area contributed by atoms with Crippen LogP contribution in [0.25, 0.3) is 22.3 Å². The van der Waals surface area contributed by atoms with Crippen molar-refractivity contribution in [3.8, 4) is 40.1 Å². The molecule has 222 valence electrons. The highest BCUT2D eigenvalue weighted by molar-refractivity contribution is 5.88. The third-order valence-electron chi connectivity index (χ3n) is 6.99. The fourth-order valence-corrected chi connectivity index (χ4v) is 4.66. The monoisotopic (exact) mass is 578 g/mol. The van der Waals surface area contributed by atoms with E-state index in [1.165, 1.54) is 37.4 Å². The van der Waals surface area contributed by atoms with Crippen LogP contribution in [-0.2, 0) is 9.47 Å². The van der Waals surface area contributed by atoms with E-state index in [0.717, 1.165) is 0 Å². The fourth-order valence-electron chi connectivity index (χ4n) is 4.66. The molecule has 2 aliphatic rings. The van der Waals surface area contributed by atoms with E-state index in [2.05, 4.69) is 0 Å². The van der Waals surface area contributed by atoms with Gasteiger partial charge in [0, 0.05) is 24.1 Å². The standard InChI is InChI=1S/C27H30O14/c1-10-21(32)15(30)8-19(38-10)39-17-5-11(3-4-13(17)28)25-26(41-27-24(35)22(33)16(31)9-37-27)23(34)20-14(29)6-12(36-2)7-18(20)40-25/h3-7,10,15-16,19,21-22,24,27-33,35H,8-9H2,1-2H3. The zero-order valence-corrected chi connectivity index (χ0v) is 21.9. The number of aromatic hydroxyl groups is 2. The number of hydrogen-bond donors (Lipinski definition) is 7. The molecule has 7 N–H and O–H groups in total. The Morgan fingerprint density at radius 2 is 1.66 bits per heavy atom. The highest BCUT2D eigenvalue weighted by atomic mass is 16.7. The Kier molecular flexibility index (Phi) is 7.98. The summed E-state index contributed by atoms with van der Waals surface area (Å²) < 4.78 is 33.5. The Bertz CT molecular complexity index is 1460. The van der Waals surface area contributed by atoms with E-state index < -0.39 is 72.7 Å². The maximum absolute atomic E-state index is 13.7. The average Bonchev–Trinajstić information content (AvgIpc) is 2.93. The molecule has 0 bridgehead atoms. The summed E-state index contributed by atoms with van der Waals surface area (Å²) in [5.41, 5.74) is -0.828. The number of aliphatic hydroxyl groups excluding tert-OH is 5. The first kappa shape index (κ1) is 28.9. The number of rotatable bonds is 6. The van der Waals surface area contributed by atoms with Crippen LogP contribution in [-0.4, -0.2) is 98.7 Å². The van der Waals surface area contributed by atoms with Crippen molar-refractivity contribution in [1.82, 2.24) is 0 Å². The van der Waals surface area contributed by atoms with E-state index in [4.69, 9.17) is 28.1 Å². The van der Waals surface area contributed by atoms with E-state index in [9.17, 15) is 40.5 Å². The fraction of sp³-hybridized carbons (Fsp3) is 0.444. The Morgan fingerprint density at radius 3 is 2.37 bits per heavy atom. The van der Waals surface area contributed by atoms with Crippen LogP contribution < -0.4 is 19.6 Å². The second kappa shape index (κ2) is 11.3. The van der Waals surface area contributed by atoms with Crippen LogP contribution in [0.1, 0.15) is 13.3 Å². The largest absolute Gasteiger partial charge is 0.507 e. The summed E-state index contributed by atoms with van der Waals surface area (Å²) >= 11 is 0. The SMILES string of the molecule is COc1cc(O)c2c(=O)c(OC3OCC(O)C(O)C3O)c(-c3ccc(O)c(OC4CC(O)C(O)C(C)O4)c3)oc2c1. The van der Waals surface area contributed by atoms with Crippen LogP contribution >= 0.6 is 0 Å². The minimum Gasteiger partial charge on any atom is -0.507 e. The van der Waals surface area contributed by atoms with Gasteiger partial charge in [0.05, 0.1) is 25.9 Å². The molecule has 0 amide bonds. The van der Waals surface area contributed by atoms with Crippen molar-refractivity contribution < 1.29 is 63.8 Å².